The molecule has 1 unspecified atom stereocenters. The molecular weight excluding hydrogens is 639 g/mol. The largest absolute Gasteiger partial charge is 0.493 e. The van der Waals surface area contributed by atoms with Crippen molar-refractivity contribution in [2.45, 2.75) is 19.0 Å². The quantitative estimate of drug-likeness (QED) is 0.332. The van der Waals surface area contributed by atoms with Gasteiger partial charge in [-0.05, 0) is 60.5 Å². The minimum Gasteiger partial charge on any atom is -0.493 e. The number of rotatable bonds is 7. The molecule has 0 aromatic heterocycles. The van der Waals surface area contributed by atoms with Crippen LogP contribution in [0.5, 0.6) is 5.75 Å². The van der Waals surface area contributed by atoms with Gasteiger partial charge in [0.2, 0.25) is 5.91 Å². The Labute approximate surface area is 284 Å². The summed E-state index contributed by atoms with van der Waals surface area (Å²) in [6, 6.07) is 21.1. The minimum atomic E-state index is -0.512. The zero-order chi connectivity index (χ0) is 32.9. The van der Waals surface area contributed by atoms with E-state index in [-0.39, 0.29) is 11.9 Å². The molecule has 0 saturated carbocycles. The number of benzene rings is 3. The number of aliphatic imine (C=N–C) groups is 1. The number of carbonyl (C=O) groups is 2. The van der Waals surface area contributed by atoms with E-state index in [2.05, 4.69) is 11.0 Å². The second-order valence-corrected chi connectivity index (χ2v) is 12.5. The third-order valence-electron chi connectivity index (χ3n) is 8.71. The lowest BCUT2D eigenvalue weighted by Crippen LogP contribution is -2.56. The fourth-order valence-electron chi connectivity index (χ4n) is 6.26. The lowest BCUT2D eigenvalue weighted by atomic mass is 9.93. The van der Waals surface area contributed by atoms with E-state index in [1.54, 1.807) is 23.1 Å². The Kier molecular flexibility index (Phi) is 10.3. The highest BCUT2D eigenvalue weighted by molar-refractivity contribution is 6.30. The second kappa shape index (κ2) is 14.7. The first-order chi connectivity index (χ1) is 22.9. The van der Waals surface area contributed by atoms with Gasteiger partial charge >= 0.3 is 6.03 Å². The van der Waals surface area contributed by atoms with E-state index >= 15 is 0 Å². The van der Waals surface area contributed by atoms with Crippen LogP contribution in [-0.4, -0.2) is 103 Å². The Balaban J connectivity index is 1.35. The number of piperazine rings is 1. The van der Waals surface area contributed by atoms with Crippen molar-refractivity contribution in [2.75, 3.05) is 65.6 Å². The molecule has 0 N–H and O–H groups in total. The predicted octanol–water partition coefficient (Wildman–Crippen LogP) is 5.40. The Morgan fingerprint density at radius 3 is 2.15 bits per heavy atom. The van der Waals surface area contributed by atoms with Gasteiger partial charge in [-0.15, -0.1) is 0 Å². The van der Waals surface area contributed by atoms with Crippen molar-refractivity contribution in [1.29, 1.82) is 5.26 Å². The Hall–Kier alpha value is -4.14. The molecule has 0 aliphatic carbocycles. The number of hydrogen-bond acceptors (Lipinski definition) is 7. The smallest absolute Gasteiger partial charge is 0.326 e. The summed E-state index contributed by atoms with van der Waals surface area (Å²) in [6.45, 7) is 6.91. The maximum atomic E-state index is 14.8. The zero-order valence-electron chi connectivity index (χ0n) is 26.1. The summed E-state index contributed by atoms with van der Waals surface area (Å²) in [5, 5.41) is 10.8. The summed E-state index contributed by atoms with van der Waals surface area (Å²) in [7, 11) is 0. The number of halogens is 2. The molecule has 0 spiro atoms. The molecule has 2 atom stereocenters. The number of ether oxygens (including phenoxy) is 2. The molecule has 3 aliphatic rings. The van der Waals surface area contributed by atoms with Crippen molar-refractivity contribution < 1.29 is 19.1 Å². The van der Waals surface area contributed by atoms with Crippen LogP contribution in [0.2, 0.25) is 10.0 Å². The van der Waals surface area contributed by atoms with Crippen molar-refractivity contribution in [3.63, 3.8) is 0 Å². The molecule has 12 heteroatoms. The molecule has 2 fully saturated rings. The van der Waals surface area contributed by atoms with Crippen molar-refractivity contribution in [3.05, 3.63) is 99.0 Å². The number of amidine groups is 1. The van der Waals surface area contributed by atoms with E-state index < -0.39 is 12.1 Å². The van der Waals surface area contributed by atoms with Crippen LogP contribution in [-0.2, 0) is 9.53 Å². The second-order valence-electron chi connectivity index (χ2n) is 11.6. The highest BCUT2D eigenvalue weighted by atomic mass is 35.5. The van der Waals surface area contributed by atoms with Crippen LogP contribution in [0.25, 0.3) is 0 Å². The molecule has 47 heavy (non-hydrogen) atoms. The van der Waals surface area contributed by atoms with Crippen LogP contribution >= 0.6 is 23.2 Å². The lowest BCUT2D eigenvalue weighted by Gasteiger charge is -2.39. The van der Waals surface area contributed by atoms with Gasteiger partial charge in [-0.3, -0.25) is 19.6 Å². The Morgan fingerprint density at radius 2 is 1.53 bits per heavy atom. The standard InChI is InChI=1S/C35H36Cl2N6O4/c1-2-47-30-21-24(22-38)3-12-29(30)34-39-32(25-4-8-27(36)9-5-25)33(26-6-10-28(37)11-7-26)43(34)35(45)42-15-13-40(14-16-42)23-31(44)41-17-19-46-20-18-41/h3-12,21,32-33H,2,13-20,23H2,1H3/t32?,33-/m1/s1. The number of nitrogens with zero attached hydrogens (tertiary/aromatic N) is 6. The van der Waals surface area contributed by atoms with Crippen molar-refractivity contribution in [2.24, 2.45) is 4.99 Å². The molecule has 244 valence electrons. The number of amides is 3. The monoisotopic (exact) mass is 674 g/mol. The third kappa shape index (κ3) is 7.24. The molecule has 3 aromatic rings. The van der Waals surface area contributed by atoms with Gasteiger partial charge in [0, 0.05) is 49.3 Å². The Morgan fingerprint density at radius 1 is 0.894 bits per heavy atom. The molecular formula is C35H36Cl2N6O4. The molecule has 0 bridgehead atoms. The average Bonchev–Trinajstić information content (AvgIpc) is 3.49. The number of urea groups is 1. The van der Waals surface area contributed by atoms with Crippen LogP contribution in [0.15, 0.2) is 71.7 Å². The van der Waals surface area contributed by atoms with Gasteiger partial charge in [0.15, 0.2) is 0 Å². The van der Waals surface area contributed by atoms with Crippen LogP contribution in [0.4, 0.5) is 4.79 Å². The normalized spacial score (nSPS) is 20.1. The summed E-state index contributed by atoms with van der Waals surface area (Å²) in [5.41, 5.74) is 2.81. The number of hydrogen-bond donors (Lipinski definition) is 0. The lowest BCUT2D eigenvalue weighted by molar-refractivity contribution is -0.136. The molecule has 2 saturated heterocycles. The van der Waals surface area contributed by atoms with Crippen molar-refractivity contribution >= 4 is 41.0 Å². The van der Waals surface area contributed by atoms with Gasteiger partial charge in [0.25, 0.3) is 0 Å². The Bertz CT molecular complexity index is 1660. The van der Waals surface area contributed by atoms with Gasteiger partial charge in [-0.2, -0.15) is 5.26 Å². The predicted molar refractivity (Wildman–Crippen MR) is 180 cm³/mol. The minimum absolute atomic E-state index is 0.0833. The van der Waals surface area contributed by atoms with Crippen LogP contribution in [0.3, 0.4) is 0 Å². The molecule has 10 nitrogen and oxygen atoms in total. The molecule has 0 radical (unpaired) electrons. The maximum Gasteiger partial charge on any atom is 0.326 e. The molecule has 3 aliphatic heterocycles. The van der Waals surface area contributed by atoms with E-state index in [9.17, 15) is 14.9 Å². The average molecular weight is 676 g/mol. The number of nitriles is 1. The molecule has 3 amide bonds. The van der Waals surface area contributed by atoms with Gasteiger partial charge in [0.05, 0.1) is 49.6 Å². The fourth-order valence-corrected chi connectivity index (χ4v) is 6.51. The van der Waals surface area contributed by atoms with E-state index in [1.807, 2.05) is 65.3 Å². The molecule has 3 heterocycles. The van der Waals surface area contributed by atoms with Gasteiger partial charge in [-0.1, -0.05) is 47.5 Å². The van der Waals surface area contributed by atoms with Crippen LogP contribution < -0.4 is 4.74 Å². The summed E-state index contributed by atoms with van der Waals surface area (Å²) < 4.78 is 11.4. The summed E-state index contributed by atoms with van der Waals surface area (Å²) in [4.78, 5) is 40.4. The number of carbonyl (C=O) groups excluding carboxylic acids is 2. The van der Waals surface area contributed by atoms with E-state index in [1.165, 1.54) is 0 Å². The van der Waals surface area contributed by atoms with Crippen molar-refractivity contribution in [1.82, 2.24) is 19.6 Å². The van der Waals surface area contributed by atoms with Crippen LogP contribution in [0.1, 0.15) is 41.3 Å². The summed E-state index contributed by atoms with van der Waals surface area (Å²) in [5.74, 6) is 1.01. The highest BCUT2D eigenvalue weighted by Crippen LogP contribution is 2.45. The fraction of sp³-hybridized carbons (Fsp3) is 0.371. The number of morpholine rings is 1. The molecule has 3 aromatic carbocycles. The van der Waals surface area contributed by atoms with E-state index in [0.717, 1.165) is 11.1 Å². The maximum absolute atomic E-state index is 14.8. The summed E-state index contributed by atoms with van der Waals surface area (Å²) in [6.07, 6.45) is 0. The van der Waals surface area contributed by atoms with Gasteiger partial charge < -0.3 is 19.3 Å². The van der Waals surface area contributed by atoms with E-state index in [0.29, 0.717) is 98.4 Å². The van der Waals surface area contributed by atoms with Crippen LogP contribution in [0, 0.1) is 11.3 Å². The van der Waals surface area contributed by atoms with E-state index in [4.69, 9.17) is 37.7 Å². The first-order valence-corrected chi connectivity index (χ1v) is 16.5. The summed E-state index contributed by atoms with van der Waals surface area (Å²) >= 11 is 12.6. The highest BCUT2D eigenvalue weighted by Gasteiger charge is 2.45. The topological polar surface area (TPSA) is 102 Å². The molecule has 6 rings (SSSR count). The first-order valence-electron chi connectivity index (χ1n) is 15.8. The SMILES string of the molecule is CCOc1cc(C#N)ccc1C1=NC(c2ccc(Cl)cc2)[C@@H](c2ccc(Cl)cc2)N1C(=O)N1CCN(CC(=O)N2CCOCC2)CC1. The van der Waals surface area contributed by atoms with Gasteiger partial charge in [0.1, 0.15) is 17.6 Å². The van der Waals surface area contributed by atoms with Gasteiger partial charge in [-0.25, -0.2) is 4.79 Å². The zero-order valence-corrected chi connectivity index (χ0v) is 27.7. The first kappa shape index (κ1) is 32.8. The van der Waals surface area contributed by atoms with Crippen molar-refractivity contribution in [3.8, 4) is 11.8 Å². The third-order valence-corrected chi connectivity index (χ3v) is 9.22.